The molecule has 0 bridgehead atoms. The second-order valence-corrected chi connectivity index (χ2v) is 9.55. The number of rotatable bonds is 9. The van der Waals surface area contributed by atoms with Gasteiger partial charge in [-0.2, -0.15) is 0 Å². The van der Waals surface area contributed by atoms with E-state index in [-0.39, 0.29) is 36.7 Å². The van der Waals surface area contributed by atoms with Crippen LogP contribution in [0.2, 0.25) is 0 Å². The Bertz CT molecular complexity index is 723. The van der Waals surface area contributed by atoms with E-state index >= 15 is 0 Å². The van der Waals surface area contributed by atoms with Crippen molar-refractivity contribution in [2.24, 2.45) is 22.7 Å². The van der Waals surface area contributed by atoms with Crippen LogP contribution in [0.3, 0.4) is 0 Å². The molecule has 2 N–H and O–H groups in total. The molecule has 2 saturated carbocycles. The Morgan fingerprint density at radius 3 is 2.50 bits per heavy atom. The Kier molecular flexibility index (Phi) is 7.89. The maximum atomic E-state index is 12.1. The number of ether oxygens (including phenoxy) is 1. The minimum absolute atomic E-state index is 0.0513. The first kappa shape index (κ1) is 24.2. The lowest BCUT2D eigenvalue weighted by molar-refractivity contribution is -0.164. The zero-order chi connectivity index (χ0) is 22.5. The summed E-state index contributed by atoms with van der Waals surface area (Å²) in [7, 11) is 0. The molecule has 0 amide bonds. The number of fused-ring (bicyclic) bond motifs is 1. The van der Waals surface area contributed by atoms with Crippen molar-refractivity contribution >= 4 is 17.9 Å². The molecular formula is C24H36O6. The van der Waals surface area contributed by atoms with E-state index in [0.717, 1.165) is 50.5 Å². The van der Waals surface area contributed by atoms with Gasteiger partial charge in [0, 0.05) is 0 Å². The molecule has 0 aliphatic heterocycles. The summed E-state index contributed by atoms with van der Waals surface area (Å²) in [5.74, 6) is -1.75. The van der Waals surface area contributed by atoms with E-state index in [2.05, 4.69) is 13.5 Å². The van der Waals surface area contributed by atoms with Gasteiger partial charge in [0.05, 0.1) is 18.3 Å². The first-order chi connectivity index (χ1) is 14.0. The molecule has 0 saturated heterocycles. The van der Waals surface area contributed by atoms with Crippen LogP contribution in [0, 0.1) is 22.7 Å². The van der Waals surface area contributed by atoms with Gasteiger partial charge in [0.25, 0.3) is 0 Å². The number of hydrogen-bond acceptors (Lipinski definition) is 4. The van der Waals surface area contributed by atoms with Crippen molar-refractivity contribution in [3.63, 3.8) is 0 Å². The van der Waals surface area contributed by atoms with Crippen LogP contribution in [-0.4, -0.2) is 34.7 Å². The van der Waals surface area contributed by atoms with Crippen LogP contribution in [0.5, 0.6) is 0 Å². The number of carbonyl (C=O) groups excluding carboxylic acids is 1. The van der Waals surface area contributed by atoms with Crippen molar-refractivity contribution in [3.05, 3.63) is 23.8 Å². The van der Waals surface area contributed by atoms with E-state index in [1.165, 1.54) is 5.57 Å². The van der Waals surface area contributed by atoms with Crippen molar-refractivity contribution in [1.82, 2.24) is 0 Å². The second kappa shape index (κ2) is 9.80. The molecule has 0 aromatic carbocycles. The molecule has 0 aromatic rings. The third-order valence-corrected chi connectivity index (χ3v) is 7.55. The van der Waals surface area contributed by atoms with E-state index < -0.39 is 23.3 Å². The van der Waals surface area contributed by atoms with E-state index in [4.69, 9.17) is 9.84 Å². The number of hydrogen-bond donors (Lipinski definition) is 2. The minimum atomic E-state index is -1.01. The highest BCUT2D eigenvalue weighted by molar-refractivity contribution is 5.76. The summed E-state index contributed by atoms with van der Waals surface area (Å²) in [6.07, 6.45) is 7.77. The monoisotopic (exact) mass is 420 g/mol. The van der Waals surface area contributed by atoms with Gasteiger partial charge in [-0.05, 0) is 75.7 Å². The average Bonchev–Trinajstić information content (AvgIpc) is 2.65. The Hall–Kier alpha value is -2.11. The molecule has 30 heavy (non-hydrogen) atoms. The standard InChI is InChI=1S/C24H36O6/c1-16(12-15-30-21(27)11-10-20(25)26)6-8-18-17(2)7-9-19-23(18,3)13-5-14-24(19,4)22(28)29/h12,18-19H,2,5-11,13-15H2,1,3-4H3,(H,25,26)(H,28,29)/t18-,19+,23+,24-/m0/s1. The summed E-state index contributed by atoms with van der Waals surface area (Å²) in [5, 5.41) is 18.5. The number of allylic oxidation sites excluding steroid dienone is 2. The fourth-order valence-electron chi connectivity index (χ4n) is 5.77. The molecule has 0 heterocycles. The summed E-state index contributed by atoms with van der Waals surface area (Å²) in [6, 6.07) is 0. The lowest BCUT2D eigenvalue weighted by Crippen LogP contribution is -2.53. The molecule has 6 nitrogen and oxygen atoms in total. The number of aliphatic carboxylic acids is 2. The van der Waals surface area contributed by atoms with Gasteiger partial charge < -0.3 is 14.9 Å². The Balaban J connectivity index is 1.97. The van der Waals surface area contributed by atoms with Crippen molar-refractivity contribution in [2.45, 2.75) is 78.6 Å². The Morgan fingerprint density at radius 1 is 1.17 bits per heavy atom. The van der Waals surface area contributed by atoms with Crippen LogP contribution in [0.25, 0.3) is 0 Å². The SMILES string of the molecule is C=C1CC[C@@H]2[C@](C)(CCC[C@]2(C)C(=O)O)[C@H]1CCC(C)=CCOC(=O)CCC(=O)O. The minimum Gasteiger partial charge on any atom is -0.481 e. The predicted molar refractivity (Wildman–Crippen MR) is 114 cm³/mol. The van der Waals surface area contributed by atoms with Crippen molar-refractivity contribution in [3.8, 4) is 0 Å². The fraction of sp³-hybridized carbons (Fsp3) is 0.708. The maximum absolute atomic E-state index is 12.1. The molecule has 2 aliphatic carbocycles. The number of carbonyl (C=O) groups is 3. The lowest BCUT2D eigenvalue weighted by atomic mass is 9.46. The first-order valence-electron chi connectivity index (χ1n) is 10.9. The number of carboxylic acid groups (broad SMARTS) is 2. The molecule has 0 aromatic heterocycles. The Labute approximate surface area is 179 Å². The van der Waals surface area contributed by atoms with Gasteiger partial charge in [0.15, 0.2) is 0 Å². The van der Waals surface area contributed by atoms with E-state index in [1.54, 1.807) is 0 Å². The predicted octanol–water partition coefficient (Wildman–Crippen LogP) is 4.98. The van der Waals surface area contributed by atoms with Gasteiger partial charge in [0.2, 0.25) is 0 Å². The third kappa shape index (κ3) is 5.32. The fourth-order valence-corrected chi connectivity index (χ4v) is 5.77. The highest BCUT2D eigenvalue weighted by Crippen LogP contribution is 2.62. The highest BCUT2D eigenvalue weighted by Gasteiger charge is 2.57. The van der Waals surface area contributed by atoms with Gasteiger partial charge in [0.1, 0.15) is 6.61 Å². The lowest BCUT2D eigenvalue weighted by Gasteiger charge is -2.57. The van der Waals surface area contributed by atoms with Crippen LogP contribution in [0.15, 0.2) is 23.8 Å². The molecule has 2 fully saturated rings. The van der Waals surface area contributed by atoms with Gasteiger partial charge in [-0.1, -0.05) is 31.1 Å². The summed E-state index contributed by atoms with van der Waals surface area (Å²) in [4.78, 5) is 34.1. The van der Waals surface area contributed by atoms with Gasteiger partial charge in [-0.3, -0.25) is 14.4 Å². The zero-order valence-corrected chi connectivity index (χ0v) is 18.5. The summed E-state index contributed by atoms with van der Waals surface area (Å²) < 4.78 is 5.07. The Morgan fingerprint density at radius 2 is 1.87 bits per heavy atom. The van der Waals surface area contributed by atoms with Gasteiger partial charge in [-0.15, -0.1) is 0 Å². The molecule has 0 radical (unpaired) electrons. The van der Waals surface area contributed by atoms with Crippen molar-refractivity contribution in [2.75, 3.05) is 6.61 Å². The largest absolute Gasteiger partial charge is 0.481 e. The molecule has 4 atom stereocenters. The van der Waals surface area contributed by atoms with E-state index in [0.29, 0.717) is 0 Å². The quantitative estimate of drug-likeness (QED) is 0.403. The van der Waals surface area contributed by atoms with Gasteiger partial charge >= 0.3 is 17.9 Å². The normalized spacial score (nSPS) is 31.7. The number of esters is 1. The maximum Gasteiger partial charge on any atom is 0.309 e. The smallest absolute Gasteiger partial charge is 0.309 e. The summed E-state index contributed by atoms with van der Waals surface area (Å²) in [5.41, 5.74) is 1.62. The van der Waals surface area contributed by atoms with Crippen molar-refractivity contribution < 1.29 is 29.3 Å². The molecule has 6 heteroatoms. The van der Waals surface area contributed by atoms with Crippen LogP contribution < -0.4 is 0 Å². The van der Waals surface area contributed by atoms with E-state index in [9.17, 15) is 19.5 Å². The molecule has 2 aliphatic rings. The second-order valence-electron chi connectivity index (χ2n) is 9.55. The highest BCUT2D eigenvalue weighted by atomic mass is 16.5. The van der Waals surface area contributed by atoms with Crippen LogP contribution in [-0.2, 0) is 19.1 Å². The molecule has 168 valence electrons. The van der Waals surface area contributed by atoms with Crippen LogP contribution in [0.1, 0.15) is 78.6 Å². The van der Waals surface area contributed by atoms with Crippen molar-refractivity contribution in [1.29, 1.82) is 0 Å². The summed E-state index contributed by atoms with van der Waals surface area (Å²) in [6.45, 7) is 10.7. The number of carboxylic acids is 2. The molecule has 0 unspecified atom stereocenters. The third-order valence-electron chi connectivity index (χ3n) is 7.55. The van der Waals surface area contributed by atoms with Crippen LogP contribution >= 0.6 is 0 Å². The summed E-state index contributed by atoms with van der Waals surface area (Å²) >= 11 is 0. The zero-order valence-electron chi connectivity index (χ0n) is 18.5. The molecule has 2 rings (SSSR count). The topological polar surface area (TPSA) is 101 Å². The molecular weight excluding hydrogens is 384 g/mol. The van der Waals surface area contributed by atoms with E-state index in [1.807, 2.05) is 19.9 Å². The first-order valence-corrected chi connectivity index (χ1v) is 10.9. The molecule has 0 spiro atoms. The van der Waals surface area contributed by atoms with Crippen LogP contribution in [0.4, 0.5) is 0 Å². The van der Waals surface area contributed by atoms with Gasteiger partial charge in [-0.25, -0.2) is 0 Å². The average molecular weight is 421 g/mol.